The molecule has 0 aliphatic carbocycles. The van der Waals surface area contributed by atoms with Crippen LogP contribution < -0.4 is 10.1 Å². The van der Waals surface area contributed by atoms with Gasteiger partial charge in [-0.15, -0.1) is 0 Å². The molecule has 150 valence electrons. The fourth-order valence-corrected chi connectivity index (χ4v) is 6.22. The van der Waals surface area contributed by atoms with Gasteiger partial charge in [-0.05, 0) is 52.5 Å². The van der Waals surface area contributed by atoms with Gasteiger partial charge in [0.1, 0.15) is 5.75 Å². The number of nitro groups is 1. The topological polar surface area (TPSA) is 84.7 Å². The second-order valence-electron chi connectivity index (χ2n) is 7.82. The Hall–Kier alpha value is -2.45. The van der Waals surface area contributed by atoms with Crippen LogP contribution in [0, 0.1) is 10.1 Å². The van der Waals surface area contributed by atoms with Crippen molar-refractivity contribution in [3.8, 4) is 5.75 Å². The number of anilines is 1. The highest BCUT2D eigenvalue weighted by atomic mass is 79.9. The van der Waals surface area contributed by atoms with E-state index in [2.05, 4.69) is 26.1 Å². The van der Waals surface area contributed by atoms with Crippen LogP contribution in [-0.2, 0) is 10.3 Å². The molecule has 3 aliphatic rings. The molecule has 0 aromatic heterocycles. The van der Waals surface area contributed by atoms with Gasteiger partial charge in [0.25, 0.3) is 11.9 Å². The van der Waals surface area contributed by atoms with Crippen LogP contribution in [0.3, 0.4) is 0 Å². The number of hydrogen-bond acceptors (Lipinski definition) is 5. The van der Waals surface area contributed by atoms with Crippen molar-refractivity contribution >= 4 is 27.5 Å². The Bertz CT molecular complexity index is 1030. The lowest BCUT2D eigenvalue weighted by Crippen LogP contribution is -2.55. The van der Waals surface area contributed by atoms with Crippen molar-refractivity contribution in [3.63, 3.8) is 0 Å². The van der Waals surface area contributed by atoms with Gasteiger partial charge in [0, 0.05) is 28.8 Å². The minimum Gasteiger partial charge on any atom is -0.496 e. The molecule has 5 rings (SSSR count). The lowest BCUT2D eigenvalue weighted by molar-refractivity contribution is -0.534. The summed E-state index contributed by atoms with van der Waals surface area (Å²) in [7, 11) is 1.59. The van der Waals surface area contributed by atoms with E-state index in [-0.39, 0.29) is 16.9 Å². The van der Waals surface area contributed by atoms with Gasteiger partial charge in [0.2, 0.25) is 0 Å². The zero-order chi connectivity index (χ0) is 20.3. The molecular weight excluding hydrogens is 438 g/mol. The molecule has 2 saturated heterocycles. The minimum absolute atomic E-state index is 0.0670. The minimum atomic E-state index is -1.28. The van der Waals surface area contributed by atoms with Crippen LogP contribution in [0.1, 0.15) is 29.9 Å². The van der Waals surface area contributed by atoms with Crippen molar-refractivity contribution in [2.75, 3.05) is 19.0 Å². The van der Waals surface area contributed by atoms with Crippen LogP contribution in [0.4, 0.5) is 5.69 Å². The maximum absolute atomic E-state index is 13.4. The van der Waals surface area contributed by atoms with Crippen molar-refractivity contribution in [3.05, 3.63) is 68.2 Å². The van der Waals surface area contributed by atoms with Crippen LogP contribution in [0.5, 0.6) is 5.75 Å². The molecule has 0 saturated carbocycles. The monoisotopic (exact) mass is 457 g/mol. The second-order valence-corrected chi connectivity index (χ2v) is 8.67. The van der Waals surface area contributed by atoms with Gasteiger partial charge < -0.3 is 10.1 Å². The molecule has 7 nitrogen and oxygen atoms in total. The first-order chi connectivity index (χ1) is 14.0. The number of amides is 1. The highest BCUT2D eigenvalue weighted by Gasteiger charge is 2.73. The van der Waals surface area contributed by atoms with E-state index in [0.717, 1.165) is 22.9 Å². The van der Waals surface area contributed by atoms with Gasteiger partial charge >= 0.3 is 0 Å². The predicted octanol–water partition coefficient (Wildman–Crippen LogP) is 3.51. The van der Waals surface area contributed by atoms with Crippen LogP contribution in [0.15, 0.2) is 46.9 Å². The van der Waals surface area contributed by atoms with Crippen LogP contribution in [0.2, 0.25) is 0 Å². The molecule has 4 atom stereocenters. The summed E-state index contributed by atoms with van der Waals surface area (Å²) in [5, 5.41) is 15.4. The number of para-hydroxylation sites is 1. The fraction of sp³-hybridized carbons (Fsp3) is 0.381. The number of carbonyl (C=O) groups excluding carboxylic acids is 1. The van der Waals surface area contributed by atoms with Gasteiger partial charge in [-0.2, -0.15) is 0 Å². The summed E-state index contributed by atoms with van der Waals surface area (Å²) in [5.74, 6) is -0.0136. The van der Waals surface area contributed by atoms with Gasteiger partial charge in [-0.25, -0.2) is 0 Å². The Morgan fingerprint density at radius 3 is 2.83 bits per heavy atom. The number of ether oxygens (including phenoxy) is 1. The van der Waals surface area contributed by atoms with Crippen molar-refractivity contribution in [1.82, 2.24) is 4.90 Å². The van der Waals surface area contributed by atoms with Crippen LogP contribution >= 0.6 is 15.9 Å². The van der Waals surface area contributed by atoms with Crippen molar-refractivity contribution in [1.29, 1.82) is 0 Å². The van der Waals surface area contributed by atoms with E-state index < -0.39 is 17.5 Å². The zero-order valence-electron chi connectivity index (χ0n) is 15.8. The van der Waals surface area contributed by atoms with E-state index in [1.807, 2.05) is 42.5 Å². The number of rotatable bonds is 3. The average molecular weight is 458 g/mol. The largest absolute Gasteiger partial charge is 0.496 e. The van der Waals surface area contributed by atoms with Crippen LogP contribution in [0.25, 0.3) is 0 Å². The lowest BCUT2D eigenvalue weighted by atomic mass is 9.77. The SMILES string of the molecule is COc1ccc([C@@H]2[C@@H]3CCCN3[C@]3(C(=O)Nc4ccccc43)[C@@H]2[N+](=O)[O-])cc1Br. The molecule has 0 radical (unpaired) electrons. The lowest BCUT2D eigenvalue weighted by Gasteiger charge is -2.32. The summed E-state index contributed by atoms with van der Waals surface area (Å²) >= 11 is 3.51. The molecule has 1 N–H and O–H groups in total. The molecule has 0 unspecified atom stereocenters. The molecule has 2 aromatic carbocycles. The second kappa shape index (κ2) is 6.53. The molecular formula is C21H20BrN3O4. The summed E-state index contributed by atoms with van der Waals surface area (Å²) < 4.78 is 6.08. The van der Waals surface area contributed by atoms with Crippen LogP contribution in [-0.4, -0.2) is 41.5 Å². The molecule has 29 heavy (non-hydrogen) atoms. The normalized spacial score (nSPS) is 30.3. The Morgan fingerprint density at radius 1 is 1.31 bits per heavy atom. The average Bonchev–Trinajstić information content (AvgIpc) is 3.35. The van der Waals surface area contributed by atoms with Crippen molar-refractivity contribution in [2.45, 2.75) is 36.4 Å². The van der Waals surface area contributed by atoms with Gasteiger partial charge in [0.15, 0.2) is 5.54 Å². The Morgan fingerprint density at radius 2 is 2.10 bits per heavy atom. The van der Waals surface area contributed by atoms with Crippen molar-refractivity contribution in [2.24, 2.45) is 0 Å². The van der Waals surface area contributed by atoms with Gasteiger partial charge in [-0.1, -0.05) is 24.3 Å². The number of nitrogens with one attached hydrogen (secondary N) is 1. The Balaban J connectivity index is 1.73. The standard InChI is InChI=1S/C21H20BrN3O4/c1-29-17-9-8-12(11-14(17)22)18-16-7-4-10-24(16)21(19(18)25(27)28)13-5-2-3-6-15(13)23-20(21)26/h2-3,5-6,8-9,11,16,18-19H,4,7,10H2,1H3,(H,23,26)/t16-,18+,19+,21-/m0/s1. The van der Waals surface area contributed by atoms with Crippen molar-refractivity contribution < 1.29 is 14.5 Å². The molecule has 0 bridgehead atoms. The first kappa shape index (κ1) is 18.6. The quantitative estimate of drug-likeness (QED) is 0.562. The van der Waals surface area contributed by atoms with E-state index in [1.165, 1.54) is 0 Å². The predicted molar refractivity (Wildman–Crippen MR) is 111 cm³/mol. The van der Waals surface area contributed by atoms with E-state index in [0.29, 0.717) is 23.5 Å². The molecule has 2 fully saturated rings. The van der Waals surface area contributed by atoms with E-state index in [4.69, 9.17) is 4.74 Å². The first-order valence-electron chi connectivity index (χ1n) is 9.64. The van der Waals surface area contributed by atoms with E-state index in [9.17, 15) is 14.9 Å². The number of hydrogen-bond donors (Lipinski definition) is 1. The number of nitrogens with zero attached hydrogens (tertiary/aromatic N) is 2. The number of methoxy groups -OCH3 is 1. The Kier molecular flexibility index (Phi) is 4.18. The first-order valence-corrected chi connectivity index (χ1v) is 10.4. The number of carbonyl (C=O) groups is 1. The third kappa shape index (κ3) is 2.36. The number of fused-ring (bicyclic) bond motifs is 4. The maximum Gasteiger partial charge on any atom is 0.256 e. The molecule has 2 aromatic rings. The summed E-state index contributed by atoms with van der Waals surface area (Å²) in [4.78, 5) is 27.7. The maximum atomic E-state index is 13.4. The number of benzene rings is 2. The summed E-state index contributed by atoms with van der Waals surface area (Å²) in [5.41, 5.74) is 0.962. The molecule has 8 heteroatoms. The molecule has 3 aliphatic heterocycles. The fourth-order valence-electron chi connectivity index (χ4n) is 5.67. The summed E-state index contributed by atoms with van der Waals surface area (Å²) in [6, 6.07) is 11.8. The third-order valence-electron chi connectivity index (χ3n) is 6.65. The number of halogens is 1. The van der Waals surface area contributed by atoms with E-state index in [1.54, 1.807) is 7.11 Å². The summed E-state index contributed by atoms with van der Waals surface area (Å²) in [6.45, 7) is 0.671. The van der Waals surface area contributed by atoms with Gasteiger partial charge in [-0.3, -0.25) is 19.8 Å². The highest BCUT2D eigenvalue weighted by Crippen LogP contribution is 2.58. The van der Waals surface area contributed by atoms with E-state index >= 15 is 0 Å². The van der Waals surface area contributed by atoms with Gasteiger partial charge in [0.05, 0.1) is 17.5 Å². The Labute approximate surface area is 176 Å². The summed E-state index contributed by atoms with van der Waals surface area (Å²) in [6.07, 6.45) is 1.75. The molecule has 1 amide bonds. The third-order valence-corrected chi connectivity index (χ3v) is 7.27. The smallest absolute Gasteiger partial charge is 0.256 e. The highest BCUT2D eigenvalue weighted by molar-refractivity contribution is 9.10. The zero-order valence-corrected chi connectivity index (χ0v) is 17.4. The molecule has 1 spiro atoms. The molecule has 3 heterocycles.